The van der Waals surface area contributed by atoms with Gasteiger partial charge in [-0.05, 0) is 49.8 Å². The lowest BCUT2D eigenvalue weighted by atomic mass is 9.95. The summed E-state index contributed by atoms with van der Waals surface area (Å²) < 4.78 is 49.6. The number of ether oxygens (including phenoxy) is 2. The number of hydrogen-bond acceptors (Lipinski definition) is 6. The fourth-order valence-electron chi connectivity index (χ4n) is 3.95. The first-order valence-corrected chi connectivity index (χ1v) is 10.9. The third-order valence-electron chi connectivity index (χ3n) is 5.89. The van der Waals surface area contributed by atoms with Crippen LogP contribution in [0.4, 0.5) is 19.1 Å². The molecule has 2 aliphatic rings. The molecule has 1 aliphatic heterocycles. The van der Waals surface area contributed by atoms with E-state index in [1.165, 1.54) is 25.2 Å². The van der Waals surface area contributed by atoms with Crippen molar-refractivity contribution in [3.8, 4) is 0 Å². The Balaban J connectivity index is 1.49. The van der Waals surface area contributed by atoms with Crippen molar-refractivity contribution < 1.29 is 27.4 Å². The molecule has 1 aliphatic carbocycles. The van der Waals surface area contributed by atoms with Crippen molar-refractivity contribution in [1.29, 1.82) is 0 Å². The number of hydrogen-bond donors (Lipinski definition) is 0. The number of esters is 1. The Labute approximate surface area is 184 Å². The predicted molar refractivity (Wildman–Crippen MR) is 111 cm³/mol. The molecule has 1 unspecified atom stereocenters. The van der Waals surface area contributed by atoms with Crippen molar-refractivity contribution in [2.45, 2.75) is 44.3 Å². The molecule has 0 N–H and O–H groups in total. The molecular weight excluding hydrogens is 423 g/mol. The Morgan fingerprint density at radius 2 is 1.81 bits per heavy atom. The van der Waals surface area contributed by atoms with Gasteiger partial charge in [0.25, 0.3) is 0 Å². The highest BCUT2D eigenvalue weighted by Crippen LogP contribution is 2.36. The summed E-state index contributed by atoms with van der Waals surface area (Å²) in [5.41, 5.74) is 0.463. The molecule has 1 saturated heterocycles. The number of alkyl halides is 3. The lowest BCUT2D eigenvalue weighted by molar-refractivity contribution is -0.137. The summed E-state index contributed by atoms with van der Waals surface area (Å²) in [5.74, 6) is 0.649. The van der Waals surface area contributed by atoms with Crippen molar-refractivity contribution in [2.75, 3.05) is 31.3 Å². The maximum atomic E-state index is 12.9. The first kappa shape index (κ1) is 22.5. The monoisotopic (exact) mass is 449 g/mol. The van der Waals surface area contributed by atoms with Crippen LogP contribution in [0.25, 0.3) is 0 Å². The second kappa shape index (κ2) is 9.44. The Morgan fingerprint density at radius 1 is 1.12 bits per heavy atom. The quantitative estimate of drug-likeness (QED) is 0.555. The lowest BCUT2D eigenvalue weighted by Crippen LogP contribution is -2.34. The van der Waals surface area contributed by atoms with E-state index >= 15 is 0 Å². The second-order valence-corrected chi connectivity index (χ2v) is 8.33. The average molecular weight is 449 g/mol. The van der Waals surface area contributed by atoms with Gasteiger partial charge in [0.15, 0.2) is 0 Å². The van der Waals surface area contributed by atoms with Crippen LogP contribution in [-0.2, 0) is 15.7 Å². The molecule has 9 heteroatoms. The lowest BCUT2D eigenvalue weighted by Gasteiger charge is -2.24. The molecule has 1 aromatic carbocycles. The average Bonchev–Trinajstić information content (AvgIpc) is 3.50. The molecule has 2 atom stereocenters. The van der Waals surface area contributed by atoms with Crippen LogP contribution < -0.4 is 4.90 Å². The van der Waals surface area contributed by atoms with E-state index in [-0.39, 0.29) is 24.1 Å². The molecular formula is C23H26F3N3O3. The molecule has 0 radical (unpaired) electrons. The third-order valence-corrected chi connectivity index (χ3v) is 5.89. The molecule has 2 heterocycles. The topological polar surface area (TPSA) is 64.5 Å². The van der Waals surface area contributed by atoms with Crippen LogP contribution in [0.1, 0.15) is 53.6 Å². The number of carbonyl (C=O) groups excluding carboxylic acids is 1. The van der Waals surface area contributed by atoms with E-state index in [1.807, 2.05) is 4.90 Å². The van der Waals surface area contributed by atoms with Crippen LogP contribution in [0.5, 0.6) is 0 Å². The Hall–Kier alpha value is -2.68. The number of nitrogens with zero attached hydrogens (tertiary/aromatic N) is 3. The van der Waals surface area contributed by atoms with Crippen molar-refractivity contribution >= 4 is 11.9 Å². The summed E-state index contributed by atoms with van der Waals surface area (Å²) >= 11 is 0. The van der Waals surface area contributed by atoms with Crippen LogP contribution in [0.15, 0.2) is 36.7 Å². The molecule has 32 heavy (non-hydrogen) atoms. The molecule has 1 aromatic heterocycles. The number of carbonyl (C=O) groups is 1. The van der Waals surface area contributed by atoms with Crippen LogP contribution in [-0.4, -0.2) is 48.3 Å². The second-order valence-electron chi connectivity index (χ2n) is 8.33. The van der Waals surface area contributed by atoms with Crippen LogP contribution >= 0.6 is 0 Å². The van der Waals surface area contributed by atoms with Gasteiger partial charge in [-0.3, -0.25) is 0 Å². The summed E-state index contributed by atoms with van der Waals surface area (Å²) in [6.45, 7) is 3.77. The summed E-state index contributed by atoms with van der Waals surface area (Å²) in [5, 5.41) is 0. The van der Waals surface area contributed by atoms with Gasteiger partial charge < -0.3 is 14.4 Å². The smallest absolute Gasteiger partial charge is 0.416 e. The summed E-state index contributed by atoms with van der Waals surface area (Å²) in [6.07, 6.45) is 1.64. The normalized spacial score (nSPS) is 21.1. The van der Waals surface area contributed by atoms with E-state index in [4.69, 9.17) is 9.47 Å². The minimum atomic E-state index is -4.35. The molecule has 2 aromatic rings. The van der Waals surface area contributed by atoms with E-state index in [0.29, 0.717) is 25.0 Å². The van der Waals surface area contributed by atoms with Crippen molar-refractivity contribution in [3.05, 3.63) is 53.3 Å². The van der Waals surface area contributed by atoms with E-state index in [2.05, 4.69) is 9.97 Å². The summed E-state index contributed by atoms with van der Waals surface area (Å²) in [6, 6.07) is 5.34. The molecule has 0 amide bonds. The zero-order valence-corrected chi connectivity index (χ0v) is 17.8. The largest absolute Gasteiger partial charge is 0.462 e. The van der Waals surface area contributed by atoms with Gasteiger partial charge in [0.2, 0.25) is 5.95 Å². The van der Waals surface area contributed by atoms with Gasteiger partial charge in [-0.25, -0.2) is 14.8 Å². The highest BCUT2D eigenvalue weighted by atomic mass is 19.4. The van der Waals surface area contributed by atoms with E-state index in [0.717, 1.165) is 30.7 Å². The van der Waals surface area contributed by atoms with Crippen molar-refractivity contribution in [1.82, 2.24) is 9.97 Å². The predicted octanol–water partition coefficient (Wildman–Crippen LogP) is 4.46. The fourth-order valence-corrected chi connectivity index (χ4v) is 3.95. The van der Waals surface area contributed by atoms with Gasteiger partial charge in [-0.1, -0.05) is 12.1 Å². The number of anilines is 1. The SMILES string of the molecule is CCOC(=O)c1cnc(N2CC(c3ccc(C(F)(F)F)cc3)C[C@H]2COCC2CC2)nc1. The van der Waals surface area contributed by atoms with Crippen LogP contribution in [0.2, 0.25) is 0 Å². The molecule has 4 rings (SSSR count). The van der Waals surface area contributed by atoms with Crippen LogP contribution in [0, 0.1) is 5.92 Å². The Morgan fingerprint density at radius 3 is 2.41 bits per heavy atom. The fraction of sp³-hybridized carbons (Fsp3) is 0.522. The number of rotatable bonds is 8. The summed E-state index contributed by atoms with van der Waals surface area (Å²) in [7, 11) is 0. The van der Waals surface area contributed by atoms with Gasteiger partial charge in [-0.2, -0.15) is 13.2 Å². The Kier molecular flexibility index (Phi) is 6.64. The molecule has 172 valence electrons. The zero-order chi connectivity index (χ0) is 22.7. The number of aromatic nitrogens is 2. The number of benzene rings is 1. The van der Waals surface area contributed by atoms with Gasteiger partial charge in [-0.15, -0.1) is 0 Å². The first-order valence-electron chi connectivity index (χ1n) is 10.9. The van der Waals surface area contributed by atoms with E-state index < -0.39 is 17.7 Å². The Bertz CT molecular complexity index is 915. The van der Waals surface area contributed by atoms with E-state index in [9.17, 15) is 18.0 Å². The molecule has 6 nitrogen and oxygen atoms in total. The van der Waals surface area contributed by atoms with Crippen LogP contribution in [0.3, 0.4) is 0 Å². The standard InChI is InChI=1S/C23H26F3N3O3/c1-2-32-21(30)18-10-27-22(28-11-18)29-12-17(9-20(29)14-31-13-15-3-4-15)16-5-7-19(8-6-16)23(24,25)26/h5-8,10-11,15,17,20H,2-4,9,12-14H2,1H3/t17?,20-/m0/s1. The first-order chi connectivity index (χ1) is 15.3. The highest BCUT2D eigenvalue weighted by Gasteiger charge is 2.36. The maximum absolute atomic E-state index is 12.9. The highest BCUT2D eigenvalue weighted by molar-refractivity contribution is 5.88. The molecule has 2 fully saturated rings. The maximum Gasteiger partial charge on any atom is 0.416 e. The minimum Gasteiger partial charge on any atom is -0.462 e. The van der Waals surface area contributed by atoms with E-state index in [1.54, 1.807) is 19.1 Å². The van der Waals surface area contributed by atoms with Crippen molar-refractivity contribution in [3.63, 3.8) is 0 Å². The van der Waals surface area contributed by atoms with Crippen molar-refractivity contribution in [2.24, 2.45) is 5.92 Å². The third kappa shape index (κ3) is 5.38. The van der Waals surface area contributed by atoms with Gasteiger partial charge in [0, 0.05) is 31.5 Å². The van der Waals surface area contributed by atoms with Gasteiger partial charge >= 0.3 is 12.1 Å². The molecule has 0 bridgehead atoms. The summed E-state index contributed by atoms with van der Waals surface area (Å²) in [4.78, 5) is 22.6. The minimum absolute atomic E-state index is 0.00511. The zero-order valence-electron chi connectivity index (χ0n) is 17.8. The number of halogens is 3. The van der Waals surface area contributed by atoms with Gasteiger partial charge in [0.05, 0.1) is 30.4 Å². The molecule has 0 spiro atoms. The van der Waals surface area contributed by atoms with Gasteiger partial charge in [0.1, 0.15) is 0 Å². The molecule has 1 saturated carbocycles.